The van der Waals surface area contributed by atoms with Crippen LogP contribution in [0.2, 0.25) is 10.0 Å². The van der Waals surface area contributed by atoms with Crippen LogP contribution in [0.1, 0.15) is 5.89 Å². The molecule has 32 heavy (non-hydrogen) atoms. The highest BCUT2D eigenvalue weighted by molar-refractivity contribution is 6.32. The van der Waals surface area contributed by atoms with Crippen molar-refractivity contribution in [3.05, 3.63) is 92.8 Å². The van der Waals surface area contributed by atoms with Gasteiger partial charge in [0.1, 0.15) is 17.4 Å². The molecule has 0 aliphatic carbocycles. The van der Waals surface area contributed by atoms with Crippen molar-refractivity contribution in [1.82, 2.24) is 19.7 Å². The van der Waals surface area contributed by atoms with Crippen LogP contribution in [-0.4, -0.2) is 24.7 Å². The first kappa shape index (κ1) is 20.2. The molecule has 5 rings (SSSR count). The van der Waals surface area contributed by atoms with Crippen LogP contribution >= 0.6 is 23.2 Å². The van der Waals surface area contributed by atoms with Crippen LogP contribution in [0.15, 0.2) is 71.1 Å². The molecular formula is C22H13Cl2N5O3. The first-order valence-corrected chi connectivity index (χ1v) is 10.2. The number of nitro benzene ring substituents is 1. The van der Waals surface area contributed by atoms with E-state index < -0.39 is 4.92 Å². The van der Waals surface area contributed by atoms with Gasteiger partial charge in [-0.3, -0.25) is 10.1 Å². The lowest BCUT2D eigenvalue weighted by atomic mass is 10.2. The second-order valence-corrected chi connectivity index (χ2v) is 7.79. The van der Waals surface area contributed by atoms with Crippen LogP contribution in [-0.2, 0) is 6.54 Å². The topological polar surface area (TPSA) is 99.9 Å². The van der Waals surface area contributed by atoms with E-state index in [-0.39, 0.29) is 23.1 Å². The van der Waals surface area contributed by atoms with E-state index in [1.54, 1.807) is 18.2 Å². The molecule has 2 aromatic heterocycles. The fourth-order valence-corrected chi connectivity index (χ4v) is 3.72. The van der Waals surface area contributed by atoms with Gasteiger partial charge in [-0.1, -0.05) is 35.3 Å². The number of nitro groups is 1. The van der Waals surface area contributed by atoms with Gasteiger partial charge in [-0.15, -0.1) is 10.2 Å². The van der Waals surface area contributed by atoms with Crippen molar-refractivity contribution in [2.24, 2.45) is 0 Å². The highest BCUT2D eigenvalue weighted by Crippen LogP contribution is 2.31. The SMILES string of the molecule is O=[N+]([O-])c1cc(-c2nnc(Cn3c(-c4ccc(Cl)cc4)nc4ccccc43)o2)ccc1Cl. The molecule has 0 atom stereocenters. The number of nitrogens with zero attached hydrogens (tertiary/aromatic N) is 5. The van der Waals surface area contributed by atoms with E-state index in [1.165, 1.54) is 12.1 Å². The Labute approximate surface area is 191 Å². The summed E-state index contributed by atoms with van der Waals surface area (Å²) in [6.07, 6.45) is 0. The van der Waals surface area contributed by atoms with E-state index in [0.717, 1.165) is 22.4 Å². The number of benzene rings is 3. The number of hydrogen-bond donors (Lipinski definition) is 0. The normalized spacial score (nSPS) is 11.2. The third-order valence-corrected chi connectivity index (χ3v) is 5.48. The highest BCUT2D eigenvalue weighted by Gasteiger charge is 2.19. The standard InChI is InChI=1S/C22H13Cl2N5O3/c23-15-8-5-13(6-9-15)21-25-17-3-1-2-4-18(17)28(21)12-20-26-27-22(32-20)14-7-10-16(24)19(11-14)29(30)31/h1-11H,12H2. The molecular weight excluding hydrogens is 453 g/mol. The lowest BCUT2D eigenvalue weighted by Crippen LogP contribution is -2.02. The molecule has 0 fully saturated rings. The van der Waals surface area contributed by atoms with E-state index in [0.29, 0.717) is 16.5 Å². The van der Waals surface area contributed by atoms with Crippen molar-refractivity contribution in [3.8, 4) is 22.8 Å². The van der Waals surface area contributed by atoms with Gasteiger partial charge in [-0.25, -0.2) is 4.98 Å². The fraction of sp³-hybridized carbons (Fsp3) is 0.0455. The number of para-hydroxylation sites is 2. The average molecular weight is 466 g/mol. The molecule has 0 aliphatic rings. The van der Waals surface area contributed by atoms with E-state index in [9.17, 15) is 10.1 Å². The summed E-state index contributed by atoms with van der Waals surface area (Å²) in [7, 11) is 0. The van der Waals surface area contributed by atoms with Gasteiger partial charge in [0.25, 0.3) is 5.69 Å². The van der Waals surface area contributed by atoms with Crippen molar-refractivity contribution in [2.45, 2.75) is 6.54 Å². The first-order valence-electron chi connectivity index (χ1n) is 9.47. The Hall–Kier alpha value is -3.75. The van der Waals surface area contributed by atoms with Crippen LogP contribution in [0.4, 0.5) is 5.69 Å². The van der Waals surface area contributed by atoms with Crippen molar-refractivity contribution >= 4 is 39.9 Å². The minimum Gasteiger partial charge on any atom is -0.419 e. The Bertz CT molecular complexity index is 1460. The Balaban J connectivity index is 1.54. The predicted octanol–water partition coefficient (Wildman–Crippen LogP) is 6.02. The van der Waals surface area contributed by atoms with Gasteiger partial charge in [-0.2, -0.15) is 0 Å². The van der Waals surface area contributed by atoms with E-state index in [4.69, 9.17) is 32.6 Å². The molecule has 0 amide bonds. The maximum absolute atomic E-state index is 11.2. The Morgan fingerprint density at radius 1 is 0.969 bits per heavy atom. The summed E-state index contributed by atoms with van der Waals surface area (Å²) in [6.45, 7) is 0.265. The quantitative estimate of drug-likeness (QED) is 0.232. The third-order valence-electron chi connectivity index (χ3n) is 4.91. The van der Waals surface area contributed by atoms with E-state index in [1.807, 2.05) is 41.0 Å². The molecule has 10 heteroatoms. The average Bonchev–Trinajstić information content (AvgIpc) is 3.40. The second-order valence-electron chi connectivity index (χ2n) is 6.94. The number of imidazole rings is 1. The zero-order chi connectivity index (χ0) is 22.2. The van der Waals surface area contributed by atoms with Gasteiger partial charge < -0.3 is 8.98 Å². The molecule has 0 radical (unpaired) electrons. The molecule has 0 N–H and O–H groups in total. The zero-order valence-corrected chi connectivity index (χ0v) is 17.8. The van der Waals surface area contributed by atoms with Crippen molar-refractivity contribution < 1.29 is 9.34 Å². The molecule has 5 aromatic rings. The number of hydrogen-bond acceptors (Lipinski definition) is 6. The van der Waals surface area contributed by atoms with Crippen LogP contribution in [0.25, 0.3) is 33.9 Å². The van der Waals surface area contributed by atoms with Crippen molar-refractivity contribution in [3.63, 3.8) is 0 Å². The largest absolute Gasteiger partial charge is 0.419 e. The lowest BCUT2D eigenvalue weighted by Gasteiger charge is -2.07. The molecule has 0 bridgehead atoms. The maximum atomic E-state index is 11.2. The minimum absolute atomic E-state index is 0.0379. The lowest BCUT2D eigenvalue weighted by molar-refractivity contribution is -0.384. The summed E-state index contributed by atoms with van der Waals surface area (Å²) in [5.41, 5.74) is 2.80. The molecule has 3 aromatic carbocycles. The smallest absolute Gasteiger partial charge is 0.288 e. The molecule has 2 heterocycles. The summed E-state index contributed by atoms with van der Waals surface area (Å²) in [5.74, 6) is 1.22. The van der Waals surface area contributed by atoms with Crippen LogP contribution < -0.4 is 0 Å². The van der Waals surface area contributed by atoms with E-state index >= 15 is 0 Å². The predicted molar refractivity (Wildman–Crippen MR) is 121 cm³/mol. The van der Waals surface area contributed by atoms with Crippen LogP contribution in [0.5, 0.6) is 0 Å². The first-order chi connectivity index (χ1) is 15.5. The number of rotatable bonds is 5. The molecule has 0 saturated carbocycles. The van der Waals surface area contributed by atoms with E-state index in [2.05, 4.69) is 10.2 Å². The van der Waals surface area contributed by atoms with Crippen LogP contribution in [0, 0.1) is 10.1 Å². The molecule has 0 spiro atoms. The molecule has 8 nitrogen and oxygen atoms in total. The Morgan fingerprint density at radius 3 is 2.50 bits per heavy atom. The Morgan fingerprint density at radius 2 is 1.72 bits per heavy atom. The monoisotopic (exact) mass is 465 g/mol. The Kier molecular flexibility index (Phi) is 5.08. The van der Waals surface area contributed by atoms with Gasteiger partial charge >= 0.3 is 0 Å². The van der Waals surface area contributed by atoms with Crippen LogP contribution in [0.3, 0.4) is 0 Å². The summed E-state index contributed by atoms with van der Waals surface area (Å²) in [4.78, 5) is 15.4. The third kappa shape index (κ3) is 3.70. The van der Waals surface area contributed by atoms with Gasteiger partial charge in [0, 0.05) is 22.2 Å². The number of fused-ring (bicyclic) bond motifs is 1. The maximum Gasteiger partial charge on any atom is 0.288 e. The number of halogens is 2. The zero-order valence-electron chi connectivity index (χ0n) is 16.3. The van der Waals surface area contributed by atoms with Crippen molar-refractivity contribution in [1.29, 1.82) is 0 Å². The second kappa shape index (κ2) is 8.07. The number of aromatic nitrogens is 4. The van der Waals surface area contributed by atoms with Gasteiger partial charge in [0.05, 0.1) is 16.0 Å². The van der Waals surface area contributed by atoms with Gasteiger partial charge in [-0.05, 0) is 48.5 Å². The fourth-order valence-electron chi connectivity index (χ4n) is 3.41. The van der Waals surface area contributed by atoms with Crippen molar-refractivity contribution in [2.75, 3.05) is 0 Å². The highest BCUT2D eigenvalue weighted by atomic mass is 35.5. The molecule has 0 saturated heterocycles. The van der Waals surface area contributed by atoms with Gasteiger partial charge in [0.2, 0.25) is 11.8 Å². The van der Waals surface area contributed by atoms with Gasteiger partial charge in [0.15, 0.2) is 0 Å². The molecule has 0 unspecified atom stereocenters. The molecule has 158 valence electrons. The summed E-state index contributed by atoms with van der Waals surface area (Å²) in [6, 6.07) is 19.5. The minimum atomic E-state index is -0.556. The summed E-state index contributed by atoms with van der Waals surface area (Å²) < 4.78 is 7.79. The summed E-state index contributed by atoms with van der Waals surface area (Å²) in [5, 5.41) is 20.0. The summed E-state index contributed by atoms with van der Waals surface area (Å²) >= 11 is 11.9. The molecule has 0 aliphatic heterocycles.